The molecule has 1 fully saturated rings. The van der Waals surface area contributed by atoms with Crippen LogP contribution >= 0.6 is 0 Å². The van der Waals surface area contributed by atoms with Gasteiger partial charge < -0.3 is 4.90 Å². The fraction of sp³-hybridized carbons (Fsp3) is 0.435. The molecule has 0 radical (unpaired) electrons. The summed E-state index contributed by atoms with van der Waals surface area (Å²) in [5, 5.41) is 5.45. The van der Waals surface area contributed by atoms with E-state index in [-0.39, 0.29) is 11.4 Å². The molecule has 1 amide bonds. The number of fused-ring (bicyclic) bond motifs is 1. The fourth-order valence-corrected chi connectivity index (χ4v) is 3.77. The normalized spacial score (nSPS) is 14.8. The van der Waals surface area contributed by atoms with E-state index in [1.807, 2.05) is 34.1 Å². The second-order valence-electron chi connectivity index (χ2n) is 8.80. The number of amides is 1. The number of carbonyl (C=O) groups is 1. The van der Waals surface area contributed by atoms with Crippen LogP contribution in [0.4, 0.5) is 0 Å². The molecule has 0 unspecified atom stereocenters. The van der Waals surface area contributed by atoms with Gasteiger partial charge in [0.25, 0.3) is 5.91 Å². The molecule has 0 atom stereocenters. The van der Waals surface area contributed by atoms with E-state index in [0.29, 0.717) is 0 Å². The lowest BCUT2D eigenvalue weighted by molar-refractivity contribution is 0.0794. The summed E-state index contributed by atoms with van der Waals surface area (Å²) in [4.78, 5) is 20.2. The van der Waals surface area contributed by atoms with E-state index in [9.17, 15) is 4.79 Å². The highest BCUT2D eigenvalue weighted by molar-refractivity contribution is 6.08. The van der Waals surface area contributed by atoms with Crippen LogP contribution in [0.3, 0.4) is 0 Å². The van der Waals surface area contributed by atoms with Crippen LogP contribution in [0.25, 0.3) is 22.2 Å². The molecule has 1 saturated heterocycles. The third-order valence-corrected chi connectivity index (χ3v) is 5.69. The van der Waals surface area contributed by atoms with E-state index in [0.717, 1.165) is 59.2 Å². The van der Waals surface area contributed by atoms with Crippen LogP contribution in [0.1, 0.15) is 55.1 Å². The second-order valence-corrected chi connectivity index (χ2v) is 8.80. The molecule has 0 saturated carbocycles. The quantitative estimate of drug-likeness (QED) is 0.651. The van der Waals surface area contributed by atoms with Crippen LogP contribution in [0.2, 0.25) is 0 Å². The van der Waals surface area contributed by atoms with Crippen molar-refractivity contribution in [3.63, 3.8) is 0 Å². The monoisotopic (exact) mass is 376 g/mol. The molecule has 4 rings (SSSR count). The number of hydrogen-bond acceptors (Lipinski definition) is 3. The van der Waals surface area contributed by atoms with E-state index < -0.39 is 0 Å². The molecule has 146 valence electrons. The first-order valence-electron chi connectivity index (χ1n) is 10.0. The van der Waals surface area contributed by atoms with Crippen molar-refractivity contribution < 1.29 is 4.79 Å². The lowest BCUT2D eigenvalue weighted by Gasteiger charge is -2.19. The van der Waals surface area contributed by atoms with Crippen molar-refractivity contribution in [2.75, 3.05) is 13.1 Å². The molecule has 28 heavy (non-hydrogen) atoms. The predicted molar refractivity (Wildman–Crippen MR) is 113 cm³/mol. The van der Waals surface area contributed by atoms with Gasteiger partial charge in [-0.15, -0.1) is 0 Å². The SMILES string of the molecule is Cc1ccc2c(C(=O)N3CCCC3)cc(-c3cnn(C(C)(C)C)c3)nc2c1C. The number of carbonyl (C=O) groups excluding carboxylic acids is 1. The van der Waals surface area contributed by atoms with Gasteiger partial charge in [-0.3, -0.25) is 9.48 Å². The molecule has 1 aromatic carbocycles. The zero-order valence-electron chi connectivity index (χ0n) is 17.4. The van der Waals surface area contributed by atoms with E-state index in [1.165, 1.54) is 5.56 Å². The van der Waals surface area contributed by atoms with Gasteiger partial charge in [-0.05, 0) is 64.7 Å². The van der Waals surface area contributed by atoms with Crippen molar-refractivity contribution in [1.29, 1.82) is 0 Å². The average molecular weight is 377 g/mol. The van der Waals surface area contributed by atoms with Gasteiger partial charge in [0, 0.05) is 30.2 Å². The molecule has 0 N–H and O–H groups in total. The Labute approximate surface area is 166 Å². The number of nitrogens with zero attached hydrogens (tertiary/aromatic N) is 4. The molecule has 0 bridgehead atoms. The molecule has 2 aromatic heterocycles. The summed E-state index contributed by atoms with van der Waals surface area (Å²) in [5.74, 6) is 0.109. The molecule has 1 aliphatic rings. The highest BCUT2D eigenvalue weighted by atomic mass is 16.2. The Balaban J connectivity index is 1.91. The van der Waals surface area contributed by atoms with Crippen LogP contribution < -0.4 is 0 Å². The van der Waals surface area contributed by atoms with Crippen molar-refractivity contribution in [3.05, 3.63) is 47.3 Å². The van der Waals surface area contributed by atoms with Gasteiger partial charge in [-0.1, -0.05) is 12.1 Å². The Kier molecular flexibility index (Phi) is 4.48. The molecule has 5 heteroatoms. The second kappa shape index (κ2) is 6.73. The van der Waals surface area contributed by atoms with Gasteiger partial charge in [-0.2, -0.15) is 5.10 Å². The van der Waals surface area contributed by atoms with Crippen molar-refractivity contribution in [2.45, 2.75) is 53.0 Å². The Hall–Kier alpha value is -2.69. The zero-order chi connectivity index (χ0) is 20.1. The van der Waals surface area contributed by atoms with Gasteiger partial charge in [0.1, 0.15) is 0 Å². The van der Waals surface area contributed by atoms with E-state index in [1.54, 1.807) is 0 Å². The standard InChI is InChI=1S/C23H28N4O/c1-15-8-9-18-19(22(28)26-10-6-7-11-26)12-20(25-21(18)16(15)2)17-13-24-27(14-17)23(3,4)5/h8-9,12-14H,6-7,10-11H2,1-5H3. The number of likely N-dealkylation sites (tertiary alicyclic amines) is 1. The summed E-state index contributed by atoms with van der Waals surface area (Å²) in [7, 11) is 0. The van der Waals surface area contributed by atoms with Crippen LogP contribution in [0.15, 0.2) is 30.6 Å². The molecule has 0 spiro atoms. The van der Waals surface area contributed by atoms with Gasteiger partial charge >= 0.3 is 0 Å². The number of rotatable bonds is 2. The summed E-state index contributed by atoms with van der Waals surface area (Å²) in [6, 6.07) is 6.06. The Morgan fingerprint density at radius 2 is 1.82 bits per heavy atom. The Bertz CT molecular complexity index is 1050. The molecule has 3 heterocycles. The van der Waals surface area contributed by atoms with Crippen LogP contribution in [0, 0.1) is 13.8 Å². The molecule has 0 aliphatic carbocycles. The zero-order valence-corrected chi connectivity index (χ0v) is 17.4. The third kappa shape index (κ3) is 3.19. The number of aromatic nitrogens is 3. The molecule has 1 aliphatic heterocycles. The minimum atomic E-state index is -0.101. The first kappa shape index (κ1) is 18.7. The topological polar surface area (TPSA) is 51.0 Å². The van der Waals surface area contributed by atoms with Gasteiger partial charge in [0.2, 0.25) is 0 Å². The first-order valence-corrected chi connectivity index (χ1v) is 10.0. The summed E-state index contributed by atoms with van der Waals surface area (Å²) < 4.78 is 1.94. The van der Waals surface area contributed by atoms with Crippen molar-refractivity contribution >= 4 is 16.8 Å². The van der Waals surface area contributed by atoms with Crippen molar-refractivity contribution in [2.24, 2.45) is 0 Å². The lowest BCUT2D eigenvalue weighted by atomic mass is 9.99. The third-order valence-electron chi connectivity index (χ3n) is 5.69. The smallest absolute Gasteiger partial charge is 0.254 e. The summed E-state index contributed by atoms with van der Waals surface area (Å²) in [5.41, 5.74) is 5.60. The maximum atomic E-state index is 13.3. The number of pyridine rings is 1. The minimum Gasteiger partial charge on any atom is -0.339 e. The minimum absolute atomic E-state index is 0.101. The van der Waals surface area contributed by atoms with Crippen LogP contribution in [-0.2, 0) is 5.54 Å². The summed E-state index contributed by atoms with van der Waals surface area (Å²) >= 11 is 0. The van der Waals surface area contributed by atoms with Crippen LogP contribution in [-0.4, -0.2) is 38.7 Å². The van der Waals surface area contributed by atoms with E-state index >= 15 is 0 Å². The molecular weight excluding hydrogens is 348 g/mol. The predicted octanol–water partition coefficient (Wildman–Crippen LogP) is 4.71. The van der Waals surface area contributed by atoms with Crippen molar-refractivity contribution in [1.82, 2.24) is 19.7 Å². The highest BCUT2D eigenvalue weighted by Gasteiger charge is 2.24. The number of benzene rings is 1. The largest absolute Gasteiger partial charge is 0.339 e. The highest BCUT2D eigenvalue weighted by Crippen LogP contribution is 2.30. The molecule has 5 nitrogen and oxygen atoms in total. The van der Waals surface area contributed by atoms with Gasteiger partial charge in [0.05, 0.1) is 28.5 Å². The number of aryl methyl sites for hydroxylation is 2. The Morgan fingerprint density at radius 1 is 1.11 bits per heavy atom. The molecular formula is C23H28N4O. The average Bonchev–Trinajstić information content (AvgIpc) is 3.35. The maximum absolute atomic E-state index is 13.3. The van der Waals surface area contributed by atoms with Crippen LogP contribution in [0.5, 0.6) is 0 Å². The van der Waals surface area contributed by atoms with E-state index in [2.05, 4.69) is 45.8 Å². The molecule has 3 aromatic rings. The van der Waals surface area contributed by atoms with Gasteiger partial charge in [0.15, 0.2) is 0 Å². The van der Waals surface area contributed by atoms with E-state index in [4.69, 9.17) is 4.98 Å². The Morgan fingerprint density at radius 3 is 2.46 bits per heavy atom. The lowest BCUT2D eigenvalue weighted by Crippen LogP contribution is -2.28. The van der Waals surface area contributed by atoms with Gasteiger partial charge in [-0.25, -0.2) is 4.98 Å². The maximum Gasteiger partial charge on any atom is 0.254 e. The fourth-order valence-electron chi connectivity index (χ4n) is 3.77. The first-order chi connectivity index (χ1) is 13.3. The summed E-state index contributed by atoms with van der Waals surface area (Å²) in [6.07, 6.45) is 6.02. The summed E-state index contributed by atoms with van der Waals surface area (Å²) in [6.45, 7) is 12.2. The van der Waals surface area contributed by atoms with Crippen molar-refractivity contribution in [3.8, 4) is 11.3 Å². The number of hydrogen-bond donors (Lipinski definition) is 0.